The third-order valence-electron chi connectivity index (χ3n) is 6.03. The van der Waals surface area contributed by atoms with Gasteiger partial charge in [-0.2, -0.15) is 5.10 Å². The van der Waals surface area contributed by atoms with Gasteiger partial charge in [0.25, 0.3) is 11.6 Å². The molecule has 2 heterocycles. The first-order valence-corrected chi connectivity index (χ1v) is 10.8. The van der Waals surface area contributed by atoms with E-state index in [-0.39, 0.29) is 30.2 Å². The van der Waals surface area contributed by atoms with Crippen LogP contribution >= 0.6 is 0 Å². The van der Waals surface area contributed by atoms with E-state index in [9.17, 15) is 14.9 Å². The van der Waals surface area contributed by atoms with E-state index in [1.54, 1.807) is 24.5 Å². The van der Waals surface area contributed by atoms with E-state index >= 15 is 0 Å². The van der Waals surface area contributed by atoms with Crippen LogP contribution in [-0.4, -0.2) is 40.0 Å². The second-order valence-electron chi connectivity index (χ2n) is 8.33. The van der Waals surface area contributed by atoms with Crippen LogP contribution in [0.5, 0.6) is 0 Å². The van der Waals surface area contributed by atoms with Crippen molar-refractivity contribution in [1.29, 1.82) is 0 Å². The summed E-state index contributed by atoms with van der Waals surface area (Å²) in [6.07, 6.45) is 2.16. The van der Waals surface area contributed by atoms with Crippen LogP contribution in [0.4, 0.5) is 5.69 Å². The monoisotopic (exact) mass is 446 g/mol. The molecule has 2 unspecified atom stereocenters. The molecule has 4 rings (SSSR count). The van der Waals surface area contributed by atoms with Gasteiger partial charge in [-0.25, -0.2) is 5.01 Å². The van der Waals surface area contributed by atoms with Crippen LogP contribution in [0.3, 0.4) is 0 Å². The van der Waals surface area contributed by atoms with E-state index in [0.717, 1.165) is 22.4 Å². The number of amides is 1. The highest BCUT2D eigenvalue weighted by atomic mass is 16.6. The van der Waals surface area contributed by atoms with Gasteiger partial charge in [0.1, 0.15) is 11.8 Å². The number of benzene rings is 2. The van der Waals surface area contributed by atoms with Crippen molar-refractivity contribution in [2.45, 2.75) is 32.4 Å². The molecule has 1 aliphatic rings. The van der Waals surface area contributed by atoms with E-state index in [1.165, 1.54) is 11.1 Å². The van der Waals surface area contributed by atoms with Crippen molar-refractivity contribution in [3.05, 3.63) is 99.5 Å². The van der Waals surface area contributed by atoms with Gasteiger partial charge in [0.15, 0.2) is 0 Å². The third-order valence-corrected chi connectivity index (χ3v) is 6.03. The second kappa shape index (κ2) is 9.38. The first kappa shape index (κ1) is 22.4. The first-order valence-electron chi connectivity index (χ1n) is 10.8. The fraction of sp³-hybridized carbons (Fsp3) is 0.280. The Morgan fingerprint density at radius 3 is 2.67 bits per heavy atom. The quantitative estimate of drug-likeness (QED) is 0.381. The number of carbonyl (C=O) groups is 1. The number of furan rings is 1. The molecule has 170 valence electrons. The van der Waals surface area contributed by atoms with Crippen molar-refractivity contribution >= 4 is 17.3 Å². The first-order chi connectivity index (χ1) is 15.8. The molecule has 0 saturated heterocycles. The fourth-order valence-electron chi connectivity index (χ4n) is 3.94. The topological polar surface area (TPSA) is 92.2 Å². The number of hydrazone groups is 1. The predicted octanol–water partition coefficient (Wildman–Crippen LogP) is 4.87. The molecule has 0 aliphatic carbocycles. The van der Waals surface area contributed by atoms with E-state index in [2.05, 4.69) is 5.10 Å². The Bertz CT molecular complexity index is 1170. The molecule has 0 fully saturated rings. The van der Waals surface area contributed by atoms with E-state index in [1.807, 2.05) is 62.2 Å². The summed E-state index contributed by atoms with van der Waals surface area (Å²) in [5.41, 5.74) is 3.77. The summed E-state index contributed by atoms with van der Waals surface area (Å²) in [5.74, 6) is 0.516. The average Bonchev–Trinajstić information content (AvgIpc) is 3.49. The maximum Gasteiger partial charge on any atom is 0.269 e. The van der Waals surface area contributed by atoms with Crippen molar-refractivity contribution in [2.24, 2.45) is 5.10 Å². The number of hydrogen-bond donors (Lipinski definition) is 0. The van der Waals surface area contributed by atoms with Crippen molar-refractivity contribution in [3.8, 4) is 0 Å². The lowest BCUT2D eigenvalue weighted by molar-refractivity contribution is -0.384. The number of rotatable bonds is 7. The van der Waals surface area contributed by atoms with Crippen LogP contribution in [0.15, 0.2) is 76.4 Å². The van der Waals surface area contributed by atoms with Crippen LogP contribution in [0, 0.1) is 17.0 Å². The zero-order valence-corrected chi connectivity index (χ0v) is 18.8. The van der Waals surface area contributed by atoms with E-state index in [0.29, 0.717) is 12.2 Å². The molecule has 8 nitrogen and oxygen atoms in total. The Morgan fingerprint density at radius 1 is 1.24 bits per heavy atom. The van der Waals surface area contributed by atoms with Gasteiger partial charge in [-0.15, -0.1) is 0 Å². The number of carbonyl (C=O) groups excluding carboxylic acids is 1. The van der Waals surface area contributed by atoms with E-state index < -0.39 is 4.92 Å². The predicted molar refractivity (Wildman–Crippen MR) is 125 cm³/mol. The molecule has 1 amide bonds. The van der Waals surface area contributed by atoms with Crippen molar-refractivity contribution in [2.75, 3.05) is 13.6 Å². The summed E-state index contributed by atoms with van der Waals surface area (Å²) in [4.78, 5) is 25.9. The lowest BCUT2D eigenvalue weighted by Gasteiger charge is -2.27. The van der Waals surface area contributed by atoms with E-state index in [4.69, 9.17) is 4.42 Å². The summed E-state index contributed by atoms with van der Waals surface area (Å²) < 4.78 is 5.61. The Kier molecular flexibility index (Phi) is 6.37. The number of nitrogens with zero attached hydrogens (tertiary/aromatic N) is 4. The van der Waals surface area contributed by atoms with Gasteiger partial charge in [-0.1, -0.05) is 42.0 Å². The van der Waals surface area contributed by atoms with Crippen LogP contribution in [-0.2, 0) is 4.79 Å². The number of nitro groups is 1. The number of hydrogen-bond acceptors (Lipinski definition) is 6. The molecule has 0 N–H and O–H groups in total. The third kappa shape index (κ3) is 4.85. The average molecular weight is 447 g/mol. The lowest BCUT2D eigenvalue weighted by Crippen LogP contribution is -2.37. The molecule has 0 saturated carbocycles. The molecule has 33 heavy (non-hydrogen) atoms. The molecule has 8 heteroatoms. The minimum absolute atomic E-state index is 0.0313. The Hall–Kier alpha value is -3.78. The summed E-state index contributed by atoms with van der Waals surface area (Å²) in [7, 11) is 1.82. The summed E-state index contributed by atoms with van der Waals surface area (Å²) in [6, 6.07) is 17.7. The molecular formula is C25H26N4O4. The van der Waals surface area contributed by atoms with Gasteiger partial charge in [-0.05, 0) is 44.2 Å². The summed E-state index contributed by atoms with van der Waals surface area (Å²) >= 11 is 0. The molecule has 1 aliphatic heterocycles. The molecule has 3 aromatic rings. The lowest BCUT2D eigenvalue weighted by atomic mass is 10.0. The normalized spacial score (nSPS) is 16.7. The Labute approximate surface area is 192 Å². The Morgan fingerprint density at radius 2 is 2.00 bits per heavy atom. The van der Waals surface area contributed by atoms with Crippen molar-refractivity contribution in [1.82, 2.24) is 9.91 Å². The molecule has 0 bridgehead atoms. The molecule has 2 aromatic carbocycles. The molecule has 1 aromatic heterocycles. The number of aryl methyl sites for hydroxylation is 1. The van der Waals surface area contributed by atoms with Gasteiger partial charge in [0.05, 0.1) is 23.4 Å². The smallest absolute Gasteiger partial charge is 0.269 e. The standard InChI is InChI=1S/C25H26N4O4/c1-17-9-11-19(12-10-17)22-15-23(24-8-5-13-33-24)28(26-22)25(30)16-27(3)18(2)20-6-4-7-21(14-20)29(31)32/h4-14,18,23H,15-16H2,1-3H3. The van der Waals surface area contributed by atoms with Crippen LogP contribution in [0.25, 0.3) is 0 Å². The summed E-state index contributed by atoms with van der Waals surface area (Å²) in [5, 5.41) is 17.3. The van der Waals surface area contributed by atoms with Crippen molar-refractivity contribution < 1.29 is 14.1 Å². The fourth-order valence-corrected chi connectivity index (χ4v) is 3.94. The molecule has 0 spiro atoms. The van der Waals surface area contributed by atoms with Gasteiger partial charge >= 0.3 is 0 Å². The maximum atomic E-state index is 13.3. The number of non-ortho nitro benzene ring substituents is 1. The number of likely N-dealkylation sites (N-methyl/N-ethyl adjacent to an activating group) is 1. The van der Waals surface area contributed by atoms with Crippen LogP contribution < -0.4 is 0 Å². The minimum Gasteiger partial charge on any atom is -0.467 e. The maximum absolute atomic E-state index is 13.3. The van der Waals surface area contributed by atoms with Crippen LogP contribution in [0.1, 0.15) is 47.9 Å². The second-order valence-corrected chi connectivity index (χ2v) is 8.33. The number of nitro benzene ring substituents is 1. The zero-order valence-electron chi connectivity index (χ0n) is 18.8. The highest BCUT2D eigenvalue weighted by Gasteiger charge is 2.35. The largest absolute Gasteiger partial charge is 0.467 e. The summed E-state index contributed by atoms with van der Waals surface area (Å²) in [6.45, 7) is 4.05. The molecule has 0 radical (unpaired) electrons. The zero-order chi connectivity index (χ0) is 23.5. The van der Waals surface area contributed by atoms with Crippen molar-refractivity contribution in [3.63, 3.8) is 0 Å². The van der Waals surface area contributed by atoms with Gasteiger partial charge in [-0.3, -0.25) is 19.8 Å². The van der Waals surface area contributed by atoms with Gasteiger partial charge in [0, 0.05) is 24.6 Å². The Balaban J connectivity index is 1.54. The molecular weight excluding hydrogens is 420 g/mol. The van der Waals surface area contributed by atoms with Gasteiger partial charge < -0.3 is 4.42 Å². The highest BCUT2D eigenvalue weighted by molar-refractivity contribution is 6.03. The minimum atomic E-state index is -0.416. The SMILES string of the molecule is Cc1ccc(C2=NN(C(=O)CN(C)C(C)c3cccc([N+](=O)[O-])c3)C(c3ccco3)C2)cc1. The van der Waals surface area contributed by atoms with Gasteiger partial charge in [0.2, 0.25) is 0 Å². The molecule has 2 atom stereocenters. The highest BCUT2D eigenvalue weighted by Crippen LogP contribution is 2.33. The van der Waals surface area contributed by atoms with Crippen LogP contribution in [0.2, 0.25) is 0 Å².